The number of Topliss-reactive ketones (excluding diaryl/α,β-unsaturated/α-hetero) is 1. The van der Waals surface area contributed by atoms with Crippen molar-refractivity contribution in [3.63, 3.8) is 0 Å². The number of carbonyl (C=O) groups excluding carboxylic acids is 3. The van der Waals surface area contributed by atoms with Gasteiger partial charge in [-0.2, -0.15) is 0 Å². The van der Waals surface area contributed by atoms with E-state index < -0.39 is 11.6 Å². The van der Waals surface area contributed by atoms with E-state index in [-0.39, 0.29) is 48.6 Å². The first-order valence-corrected chi connectivity index (χ1v) is 15.2. The van der Waals surface area contributed by atoms with Crippen LogP contribution in [0.3, 0.4) is 0 Å². The number of carbonyl (C=O) groups is 3. The molecule has 2 atom stereocenters. The number of nitrogens with zero attached hydrogens (tertiary/aromatic N) is 2. The summed E-state index contributed by atoms with van der Waals surface area (Å²) in [6.07, 6.45) is 8.41. The highest BCUT2D eigenvalue weighted by atomic mass is 19.1. The van der Waals surface area contributed by atoms with E-state index in [9.17, 15) is 23.2 Å². The second-order valence-electron chi connectivity index (χ2n) is 11.8. The lowest BCUT2D eigenvalue weighted by Gasteiger charge is -2.41. The average Bonchev–Trinajstić information content (AvgIpc) is 2.99. The van der Waals surface area contributed by atoms with Gasteiger partial charge in [0.25, 0.3) is 5.91 Å². The van der Waals surface area contributed by atoms with Gasteiger partial charge in [-0.1, -0.05) is 44.4 Å². The first-order chi connectivity index (χ1) is 19.9. The molecule has 2 heterocycles. The normalized spacial score (nSPS) is 20.6. The molecule has 1 saturated carbocycles. The molecule has 41 heavy (non-hydrogen) atoms. The topological polar surface area (TPSA) is 69.7 Å². The van der Waals surface area contributed by atoms with E-state index in [1.807, 2.05) is 28.9 Å². The number of halogens is 2. The van der Waals surface area contributed by atoms with Gasteiger partial charge in [-0.25, -0.2) is 8.78 Å². The molecule has 0 radical (unpaired) electrons. The molecular formula is C33H41F2N3O3. The molecule has 1 saturated heterocycles. The number of hydrogen-bond acceptors (Lipinski definition) is 4. The number of hydrogen-bond donors (Lipinski definition) is 1. The third-order valence-corrected chi connectivity index (χ3v) is 9.24. The molecule has 8 heteroatoms. The summed E-state index contributed by atoms with van der Waals surface area (Å²) < 4.78 is 27.1. The highest BCUT2D eigenvalue weighted by Crippen LogP contribution is 2.36. The highest BCUT2D eigenvalue weighted by Gasteiger charge is 2.39. The Hall–Kier alpha value is -3.13. The van der Waals surface area contributed by atoms with Crippen molar-refractivity contribution in [2.45, 2.75) is 83.2 Å². The Morgan fingerprint density at radius 1 is 1.02 bits per heavy atom. The van der Waals surface area contributed by atoms with Gasteiger partial charge < -0.3 is 15.1 Å². The molecule has 5 rings (SSSR count). The fourth-order valence-electron chi connectivity index (χ4n) is 7.11. The van der Waals surface area contributed by atoms with Gasteiger partial charge in [-0.05, 0) is 61.3 Å². The molecule has 3 aliphatic rings. The van der Waals surface area contributed by atoms with Crippen LogP contribution in [0.2, 0.25) is 0 Å². The van der Waals surface area contributed by atoms with Gasteiger partial charge in [0.15, 0.2) is 5.78 Å². The monoisotopic (exact) mass is 565 g/mol. The van der Waals surface area contributed by atoms with E-state index in [1.165, 1.54) is 18.6 Å². The molecule has 2 aromatic rings. The second-order valence-corrected chi connectivity index (χ2v) is 11.8. The third-order valence-electron chi connectivity index (χ3n) is 9.24. The Balaban J connectivity index is 1.26. The van der Waals surface area contributed by atoms with E-state index in [0.717, 1.165) is 55.7 Å². The summed E-state index contributed by atoms with van der Waals surface area (Å²) in [5.41, 5.74) is 3.20. The van der Waals surface area contributed by atoms with Crippen LogP contribution in [0.25, 0.3) is 0 Å². The van der Waals surface area contributed by atoms with Crippen LogP contribution in [0.4, 0.5) is 8.78 Å². The molecule has 0 spiro atoms. The predicted octanol–water partition coefficient (Wildman–Crippen LogP) is 5.39. The molecule has 2 aliphatic heterocycles. The molecule has 0 aromatic heterocycles. The van der Waals surface area contributed by atoms with Crippen molar-refractivity contribution in [3.8, 4) is 0 Å². The zero-order chi connectivity index (χ0) is 28.9. The number of likely N-dealkylation sites (tertiary alicyclic amines) is 1. The first-order valence-electron chi connectivity index (χ1n) is 15.2. The maximum absolute atomic E-state index is 13.9. The van der Waals surface area contributed by atoms with Gasteiger partial charge in [0.2, 0.25) is 5.91 Å². The number of ketones is 1. The molecule has 2 aromatic carbocycles. The van der Waals surface area contributed by atoms with E-state index in [4.69, 9.17) is 0 Å². The number of piperidine rings is 1. The maximum Gasteiger partial charge on any atom is 0.254 e. The van der Waals surface area contributed by atoms with Crippen molar-refractivity contribution in [3.05, 3.63) is 70.3 Å². The molecular weight excluding hydrogens is 524 g/mol. The summed E-state index contributed by atoms with van der Waals surface area (Å²) in [4.78, 5) is 43.7. The highest BCUT2D eigenvalue weighted by molar-refractivity contribution is 6.00. The standard InChI is InChI=1S/C33H41F2N3O3/c1-2-30(39)32(22-8-4-3-5-9-22)38-17-15-27-26(11-6-12-28(27)33(38)41)24-10-7-16-37(21-24)31(40)20-36-19-23-13-14-25(34)18-29(23)35/h6,11-14,18,22,24,32,36H,2-5,7-10,15-17,19-21H2,1H3/t24?,32-/m1/s1. The Morgan fingerprint density at radius 2 is 1.83 bits per heavy atom. The van der Waals surface area contributed by atoms with Gasteiger partial charge in [0, 0.05) is 55.7 Å². The number of rotatable bonds is 9. The quantitative estimate of drug-likeness (QED) is 0.443. The lowest BCUT2D eigenvalue weighted by Crippen LogP contribution is -2.52. The first kappa shape index (κ1) is 29.4. The Kier molecular flexibility index (Phi) is 9.48. The van der Waals surface area contributed by atoms with Crippen molar-refractivity contribution in [2.75, 3.05) is 26.2 Å². The molecule has 1 N–H and O–H groups in total. The molecule has 6 nitrogen and oxygen atoms in total. The van der Waals surface area contributed by atoms with Crippen LogP contribution in [0, 0.1) is 17.6 Å². The minimum atomic E-state index is -0.630. The summed E-state index contributed by atoms with van der Waals surface area (Å²) in [6, 6.07) is 9.03. The van der Waals surface area contributed by atoms with Crippen LogP contribution >= 0.6 is 0 Å². The van der Waals surface area contributed by atoms with Gasteiger partial charge in [-0.15, -0.1) is 0 Å². The van der Waals surface area contributed by atoms with Gasteiger partial charge in [0.05, 0.1) is 12.6 Å². The van der Waals surface area contributed by atoms with Crippen LogP contribution in [0.1, 0.15) is 91.3 Å². The van der Waals surface area contributed by atoms with Crippen molar-refractivity contribution in [2.24, 2.45) is 5.92 Å². The largest absolute Gasteiger partial charge is 0.341 e. The molecule has 0 bridgehead atoms. The molecule has 2 fully saturated rings. The zero-order valence-electron chi connectivity index (χ0n) is 24.0. The van der Waals surface area contributed by atoms with Crippen LogP contribution in [-0.4, -0.2) is 59.6 Å². The molecule has 1 unspecified atom stereocenters. The number of benzene rings is 2. The average molecular weight is 566 g/mol. The SMILES string of the molecule is CCC(=O)[C@@H](C1CCCCC1)N1CCc2c(cccc2C2CCCN(C(=O)CNCc3ccc(F)cc3F)C2)C1=O. The molecule has 1 aliphatic carbocycles. The van der Waals surface area contributed by atoms with E-state index in [2.05, 4.69) is 11.4 Å². The van der Waals surface area contributed by atoms with Crippen LogP contribution in [0.15, 0.2) is 36.4 Å². The second kappa shape index (κ2) is 13.2. The summed E-state index contributed by atoms with van der Waals surface area (Å²) in [5.74, 6) is -0.808. The van der Waals surface area contributed by atoms with Crippen LogP contribution in [0.5, 0.6) is 0 Å². The smallest absolute Gasteiger partial charge is 0.254 e. The van der Waals surface area contributed by atoms with E-state index >= 15 is 0 Å². The van der Waals surface area contributed by atoms with E-state index in [1.54, 1.807) is 0 Å². The minimum absolute atomic E-state index is 0.0357. The summed E-state index contributed by atoms with van der Waals surface area (Å²) in [6.45, 7) is 3.88. The van der Waals surface area contributed by atoms with Crippen molar-refractivity contribution >= 4 is 17.6 Å². The Labute approximate surface area is 241 Å². The van der Waals surface area contributed by atoms with Crippen molar-refractivity contribution in [1.82, 2.24) is 15.1 Å². The summed E-state index contributed by atoms with van der Waals surface area (Å²) >= 11 is 0. The Bertz CT molecular complexity index is 1280. The van der Waals surface area contributed by atoms with Gasteiger partial charge in [0.1, 0.15) is 11.6 Å². The van der Waals surface area contributed by atoms with Gasteiger partial charge in [-0.3, -0.25) is 14.4 Å². The maximum atomic E-state index is 13.9. The van der Waals surface area contributed by atoms with Gasteiger partial charge >= 0.3 is 0 Å². The van der Waals surface area contributed by atoms with Crippen molar-refractivity contribution < 1.29 is 23.2 Å². The lowest BCUT2D eigenvalue weighted by atomic mass is 9.79. The minimum Gasteiger partial charge on any atom is -0.341 e. The number of nitrogens with one attached hydrogen (secondary N) is 1. The summed E-state index contributed by atoms with van der Waals surface area (Å²) in [7, 11) is 0. The zero-order valence-corrected chi connectivity index (χ0v) is 24.0. The number of fused-ring (bicyclic) bond motifs is 1. The number of amides is 2. The third kappa shape index (κ3) is 6.53. The fraction of sp³-hybridized carbons (Fsp3) is 0.545. The summed E-state index contributed by atoms with van der Waals surface area (Å²) in [5, 5.41) is 2.99. The van der Waals surface area contributed by atoms with Crippen LogP contribution < -0.4 is 5.32 Å². The lowest BCUT2D eigenvalue weighted by molar-refractivity contribution is -0.131. The van der Waals surface area contributed by atoms with Crippen LogP contribution in [-0.2, 0) is 22.6 Å². The predicted molar refractivity (Wildman–Crippen MR) is 153 cm³/mol. The van der Waals surface area contributed by atoms with Crippen molar-refractivity contribution in [1.29, 1.82) is 0 Å². The fourth-order valence-corrected chi connectivity index (χ4v) is 7.11. The Morgan fingerprint density at radius 3 is 2.59 bits per heavy atom. The van der Waals surface area contributed by atoms with E-state index in [0.29, 0.717) is 43.6 Å². The molecule has 2 amide bonds. The molecule has 220 valence electrons.